The molecule has 2 N–H and O–H groups in total. The van der Waals surface area contributed by atoms with E-state index in [1.165, 1.54) is 6.42 Å². The van der Waals surface area contributed by atoms with Crippen molar-refractivity contribution in [1.29, 1.82) is 0 Å². The second-order valence-electron chi connectivity index (χ2n) is 6.38. The zero-order valence-electron chi connectivity index (χ0n) is 13.5. The normalized spacial score (nSPS) is 22.0. The topological polar surface area (TPSA) is 64.2 Å². The van der Waals surface area contributed by atoms with Crippen molar-refractivity contribution < 1.29 is 0 Å². The Hall–Kier alpha value is -1.36. The van der Waals surface area contributed by atoms with Gasteiger partial charge < -0.3 is 15.2 Å². The largest absolute Gasteiger partial charge is 0.349 e. The Morgan fingerprint density at radius 2 is 2.24 bits per heavy atom. The van der Waals surface area contributed by atoms with Crippen LogP contribution in [0.25, 0.3) is 0 Å². The van der Waals surface area contributed by atoms with E-state index in [1.807, 2.05) is 0 Å². The minimum Gasteiger partial charge on any atom is -0.349 e. The average Bonchev–Trinajstić information content (AvgIpc) is 2.91. The molecule has 5 nitrogen and oxygen atoms in total. The number of nitrogens with zero attached hydrogens (tertiary/aromatic N) is 3. The van der Waals surface area contributed by atoms with Crippen LogP contribution in [0.2, 0.25) is 0 Å². The molecule has 0 aliphatic heterocycles. The minimum absolute atomic E-state index is 0.0238. The molecule has 0 saturated heterocycles. The third-order valence-electron chi connectivity index (χ3n) is 4.39. The lowest BCUT2D eigenvalue weighted by atomic mass is 10.0. The second-order valence-corrected chi connectivity index (χ2v) is 6.38. The van der Waals surface area contributed by atoms with Crippen molar-refractivity contribution in [1.82, 2.24) is 9.55 Å². The Morgan fingerprint density at radius 3 is 2.86 bits per heavy atom. The van der Waals surface area contributed by atoms with E-state index in [0.717, 1.165) is 25.9 Å². The highest BCUT2D eigenvalue weighted by molar-refractivity contribution is 5.38. The fourth-order valence-corrected chi connectivity index (χ4v) is 3.41. The van der Waals surface area contributed by atoms with Gasteiger partial charge in [-0.2, -0.15) is 0 Å². The maximum absolute atomic E-state index is 12.7. The number of aromatic nitrogens is 2. The number of anilines is 1. The molecule has 1 aliphatic rings. The van der Waals surface area contributed by atoms with Crippen LogP contribution in [-0.4, -0.2) is 28.7 Å². The fraction of sp³-hybridized carbons (Fsp3) is 0.750. The van der Waals surface area contributed by atoms with Crippen LogP contribution >= 0.6 is 0 Å². The Balaban J connectivity index is 2.32. The molecular formula is C16H28N4O. The van der Waals surface area contributed by atoms with Gasteiger partial charge in [0.25, 0.3) is 5.56 Å². The van der Waals surface area contributed by atoms with Crippen LogP contribution in [0.1, 0.15) is 40.0 Å². The molecule has 5 heteroatoms. The van der Waals surface area contributed by atoms with Crippen molar-refractivity contribution in [2.24, 2.45) is 17.6 Å². The lowest BCUT2D eigenvalue weighted by Crippen LogP contribution is -2.44. The van der Waals surface area contributed by atoms with Gasteiger partial charge in [-0.25, -0.2) is 4.98 Å². The first-order valence-electron chi connectivity index (χ1n) is 8.10. The van der Waals surface area contributed by atoms with Crippen LogP contribution in [-0.2, 0) is 6.54 Å². The summed E-state index contributed by atoms with van der Waals surface area (Å²) in [6.07, 6.45) is 6.99. The zero-order chi connectivity index (χ0) is 15.4. The molecule has 118 valence electrons. The van der Waals surface area contributed by atoms with Gasteiger partial charge in [0.1, 0.15) is 0 Å². The predicted octanol–water partition coefficient (Wildman–Crippen LogP) is 1.85. The van der Waals surface area contributed by atoms with E-state index in [2.05, 4.69) is 30.7 Å². The lowest BCUT2D eigenvalue weighted by Gasteiger charge is -2.32. The molecule has 2 atom stereocenters. The fourth-order valence-electron chi connectivity index (χ4n) is 3.41. The highest BCUT2D eigenvalue weighted by Crippen LogP contribution is 2.30. The molecule has 1 aromatic rings. The first-order valence-corrected chi connectivity index (χ1v) is 8.10. The highest BCUT2D eigenvalue weighted by atomic mass is 16.1. The Morgan fingerprint density at radius 1 is 1.48 bits per heavy atom. The van der Waals surface area contributed by atoms with E-state index in [4.69, 9.17) is 5.73 Å². The summed E-state index contributed by atoms with van der Waals surface area (Å²) >= 11 is 0. The Kier molecular flexibility index (Phi) is 5.39. The van der Waals surface area contributed by atoms with Crippen LogP contribution in [0.15, 0.2) is 17.2 Å². The Bertz CT molecular complexity index is 511. The van der Waals surface area contributed by atoms with E-state index in [9.17, 15) is 4.79 Å². The third-order valence-corrected chi connectivity index (χ3v) is 4.39. The van der Waals surface area contributed by atoms with Crippen molar-refractivity contribution in [2.75, 3.05) is 18.0 Å². The molecule has 21 heavy (non-hydrogen) atoms. The summed E-state index contributed by atoms with van der Waals surface area (Å²) in [6.45, 7) is 8.55. The molecule has 1 fully saturated rings. The van der Waals surface area contributed by atoms with Crippen molar-refractivity contribution in [3.8, 4) is 0 Å². The standard InChI is InChI=1S/C16H28N4O/c1-4-20(14-7-5-6-13(14)10-17)15-16(21)19(9-8-18-15)11-12(2)3/h8-9,12-14H,4-7,10-11,17H2,1-3H3. The molecule has 0 radical (unpaired) electrons. The minimum atomic E-state index is 0.0238. The maximum Gasteiger partial charge on any atom is 0.293 e. The van der Waals surface area contributed by atoms with Gasteiger partial charge in [-0.15, -0.1) is 0 Å². The van der Waals surface area contributed by atoms with Crippen molar-refractivity contribution in [2.45, 2.75) is 52.6 Å². The van der Waals surface area contributed by atoms with Gasteiger partial charge in [0.05, 0.1) is 0 Å². The predicted molar refractivity (Wildman–Crippen MR) is 86.5 cm³/mol. The quantitative estimate of drug-likeness (QED) is 0.869. The average molecular weight is 292 g/mol. The molecule has 2 rings (SSSR count). The number of rotatable bonds is 6. The summed E-state index contributed by atoms with van der Waals surface area (Å²) in [4.78, 5) is 19.2. The molecule has 2 unspecified atom stereocenters. The molecular weight excluding hydrogens is 264 g/mol. The van der Waals surface area contributed by atoms with Gasteiger partial charge in [0.15, 0.2) is 5.82 Å². The first-order chi connectivity index (χ1) is 10.1. The zero-order valence-corrected chi connectivity index (χ0v) is 13.5. The van der Waals surface area contributed by atoms with Crippen molar-refractivity contribution in [3.05, 3.63) is 22.7 Å². The Labute approximate surface area is 127 Å². The summed E-state index contributed by atoms with van der Waals surface area (Å²) in [5.41, 5.74) is 5.92. The van der Waals surface area contributed by atoms with E-state index in [1.54, 1.807) is 17.0 Å². The molecule has 1 heterocycles. The molecule has 0 amide bonds. The first kappa shape index (κ1) is 16.0. The van der Waals surface area contributed by atoms with Gasteiger partial charge in [-0.3, -0.25) is 4.79 Å². The van der Waals surface area contributed by atoms with Gasteiger partial charge >= 0.3 is 0 Å². The van der Waals surface area contributed by atoms with Gasteiger partial charge in [0.2, 0.25) is 0 Å². The van der Waals surface area contributed by atoms with Gasteiger partial charge in [0, 0.05) is 31.5 Å². The van der Waals surface area contributed by atoms with E-state index in [-0.39, 0.29) is 5.56 Å². The molecule has 0 bridgehead atoms. The molecule has 1 saturated carbocycles. The SMILES string of the molecule is CCN(c1nccn(CC(C)C)c1=O)C1CCCC1CN. The number of nitrogens with two attached hydrogens (primary N) is 1. The molecule has 1 aromatic heterocycles. The van der Waals surface area contributed by atoms with Crippen LogP contribution in [0.4, 0.5) is 5.82 Å². The van der Waals surface area contributed by atoms with Crippen LogP contribution in [0.5, 0.6) is 0 Å². The summed E-state index contributed by atoms with van der Waals surface area (Å²) in [5.74, 6) is 1.51. The molecule has 0 aromatic carbocycles. The number of hydrogen-bond donors (Lipinski definition) is 1. The molecule has 0 spiro atoms. The summed E-state index contributed by atoms with van der Waals surface area (Å²) < 4.78 is 1.78. The van der Waals surface area contributed by atoms with Gasteiger partial charge in [-0.1, -0.05) is 20.3 Å². The monoisotopic (exact) mass is 292 g/mol. The van der Waals surface area contributed by atoms with E-state index in [0.29, 0.717) is 30.2 Å². The second kappa shape index (κ2) is 7.07. The van der Waals surface area contributed by atoms with E-state index < -0.39 is 0 Å². The lowest BCUT2D eigenvalue weighted by molar-refractivity contribution is 0.454. The maximum atomic E-state index is 12.7. The van der Waals surface area contributed by atoms with Crippen LogP contribution < -0.4 is 16.2 Å². The summed E-state index contributed by atoms with van der Waals surface area (Å²) in [5, 5.41) is 0. The molecule has 1 aliphatic carbocycles. The smallest absolute Gasteiger partial charge is 0.293 e. The van der Waals surface area contributed by atoms with Gasteiger partial charge in [-0.05, 0) is 38.1 Å². The van der Waals surface area contributed by atoms with Crippen LogP contribution in [0.3, 0.4) is 0 Å². The number of hydrogen-bond acceptors (Lipinski definition) is 4. The summed E-state index contributed by atoms with van der Waals surface area (Å²) in [7, 11) is 0. The van der Waals surface area contributed by atoms with Crippen molar-refractivity contribution >= 4 is 5.82 Å². The van der Waals surface area contributed by atoms with Crippen molar-refractivity contribution in [3.63, 3.8) is 0 Å². The van der Waals surface area contributed by atoms with E-state index >= 15 is 0 Å². The highest BCUT2D eigenvalue weighted by Gasteiger charge is 2.32. The van der Waals surface area contributed by atoms with Crippen LogP contribution in [0, 0.1) is 11.8 Å². The summed E-state index contributed by atoms with van der Waals surface area (Å²) in [6, 6.07) is 0.357. The third kappa shape index (κ3) is 3.46.